The standard InChI is InChI=1S/C34H39F3N2O8/c1-6-26(18-24-10-8-7-9-11-24)28(19-25-12-14-27(15-13-25)47-34(35,36)37)22(3)46-33(42)21(2)39-32(41)30-31(45-20-44-23(4)40)29(43-5)16-17-38-30/h7-17,21-22,26,28H,6,18-20H2,1-5H3,(H,39,41)/t21-,22-,26+,28-/m0/s1. The minimum atomic E-state index is -4.80. The zero-order valence-corrected chi connectivity index (χ0v) is 26.8. The highest BCUT2D eigenvalue weighted by Crippen LogP contribution is 2.32. The van der Waals surface area contributed by atoms with E-state index < -0.39 is 43.1 Å². The Morgan fingerprint density at radius 3 is 2.19 bits per heavy atom. The molecule has 0 unspecified atom stereocenters. The minimum absolute atomic E-state index is 0.0362. The van der Waals surface area contributed by atoms with Crippen molar-refractivity contribution in [2.45, 2.75) is 65.5 Å². The number of carbonyl (C=O) groups excluding carboxylic acids is 3. The molecule has 10 nitrogen and oxygen atoms in total. The first kappa shape index (κ1) is 36.7. The van der Waals surface area contributed by atoms with Gasteiger partial charge in [0, 0.05) is 25.1 Å². The van der Waals surface area contributed by atoms with Crippen LogP contribution in [0.2, 0.25) is 0 Å². The molecule has 0 saturated carbocycles. The average molecular weight is 661 g/mol. The molecule has 0 aliphatic rings. The molecular formula is C34H39F3N2O8. The number of hydrogen-bond donors (Lipinski definition) is 1. The Bertz CT molecular complexity index is 1470. The second-order valence-corrected chi connectivity index (χ2v) is 10.8. The number of rotatable bonds is 16. The second-order valence-electron chi connectivity index (χ2n) is 10.8. The summed E-state index contributed by atoms with van der Waals surface area (Å²) in [7, 11) is 1.36. The van der Waals surface area contributed by atoms with Gasteiger partial charge in [0.2, 0.25) is 6.79 Å². The Kier molecular flexibility index (Phi) is 13.4. The summed E-state index contributed by atoms with van der Waals surface area (Å²) in [6.45, 7) is 5.96. The Morgan fingerprint density at radius 1 is 0.936 bits per heavy atom. The molecule has 1 heterocycles. The summed E-state index contributed by atoms with van der Waals surface area (Å²) in [5.74, 6) is -2.51. The number of alkyl halides is 3. The van der Waals surface area contributed by atoms with Crippen LogP contribution in [0.1, 0.15) is 55.7 Å². The lowest BCUT2D eigenvalue weighted by atomic mass is 9.78. The molecule has 0 fully saturated rings. The number of esters is 2. The predicted octanol–water partition coefficient (Wildman–Crippen LogP) is 6.07. The first-order valence-electron chi connectivity index (χ1n) is 15.0. The van der Waals surface area contributed by atoms with Crippen LogP contribution in [0.3, 0.4) is 0 Å². The summed E-state index contributed by atoms with van der Waals surface area (Å²) < 4.78 is 63.4. The van der Waals surface area contributed by atoms with Crippen molar-refractivity contribution in [3.63, 3.8) is 0 Å². The molecule has 0 saturated heterocycles. The second kappa shape index (κ2) is 17.2. The molecule has 0 bridgehead atoms. The Labute approximate surface area is 271 Å². The van der Waals surface area contributed by atoms with Gasteiger partial charge in [-0.1, -0.05) is 55.8 Å². The third kappa shape index (κ3) is 11.5. The molecule has 254 valence electrons. The van der Waals surface area contributed by atoms with Gasteiger partial charge in [0.15, 0.2) is 17.2 Å². The van der Waals surface area contributed by atoms with Gasteiger partial charge in [0.1, 0.15) is 17.9 Å². The zero-order chi connectivity index (χ0) is 34.6. The molecule has 0 radical (unpaired) electrons. The molecule has 13 heteroatoms. The van der Waals surface area contributed by atoms with E-state index in [1.165, 1.54) is 45.4 Å². The number of aromatic nitrogens is 1. The quantitative estimate of drug-likeness (QED) is 0.144. The van der Waals surface area contributed by atoms with Crippen molar-refractivity contribution in [3.8, 4) is 17.2 Å². The van der Waals surface area contributed by atoms with E-state index in [4.69, 9.17) is 18.9 Å². The molecule has 1 amide bonds. The van der Waals surface area contributed by atoms with E-state index in [-0.39, 0.29) is 34.8 Å². The maximum absolute atomic E-state index is 13.3. The third-order valence-corrected chi connectivity index (χ3v) is 7.47. The zero-order valence-electron chi connectivity index (χ0n) is 26.8. The third-order valence-electron chi connectivity index (χ3n) is 7.47. The van der Waals surface area contributed by atoms with Gasteiger partial charge in [-0.05, 0) is 55.9 Å². The number of halogens is 3. The normalized spacial score (nSPS) is 13.8. The van der Waals surface area contributed by atoms with E-state index >= 15 is 0 Å². The highest BCUT2D eigenvalue weighted by atomic mass is 19.4. The molecule has 1 aromatic heterocycles. The van der Waals surface area contributed by atoms with Crippen molar-refractivity contribution in [3.05, 3.63) is 83.7 Å². The van der Waals surface area contributed by atoms with Crippen LogP contribution in [-0.2, 0) is 31.9 Å². The largest absolute Gasteiger partial charge is 0.573 e. The Balaban J connectivity index is 1.77. The number of ether oxygens (including phenoxy) is 5. The predicted molar refractivity (Wildman–Crippen MR) is 165 cm³/mol. The van der Waals surface area contributed by atoms with Gasteiger partial charge in [0.25, 0.3) is 5.91 Å². The first-order chi connectivity index (χ1) is 22.3. The van der Waals surface area contributed by atoms with Crippen molar-refractivity contribution in [1.29, 1.82) is 0 Å². The van der Waals surface area contributed by atoms with Crippen molar-refractivity contribution in [2.24, 2.45) is 11.8 Å². The van der Waals surface area contributed by atoms with Gasteiger partial charge >= 0.3 is 18.3 Å². The highest BCUT2D eigenvalue weighted by Gasteiger charge is 2.33. The van der Waals surface area contributed by atoms with Crippen LogP contribution in [0.5, 0.6) is 17.2 Å². The topological polar surface area (TPSA) is 122 Å². The monoisotopic (exact) mass is 660 g/mol. The van der Waals surface area contributed by atoms with Crippen LogP contribution in [0.15, 0.2) is 66.9 Å². The van der Waals surface area contributed by atoms with E-state index in [1.54, 1.807) is 19.1 Å². The summed E-state index contributed by atoms with van der Waals surface area (Å²) in [5.41, 5.74) is 1.63. The number of pyridine rings is 1. The molecule has 47 heavy (non-hydrogen) atoms. The molecular weight excluding hydrogens is 621 g/mol. The summed E-state index contributed by atoms with van der Waals surface area (Å²) in [6.07, 6.45) is -2.29. The molecule has 0 spiro atoms. The van der Waals surface area contributed by atoms with Crippen LogP contribution < -0.4 is 19.5 Å². The number of nitrogens with one attached hydrogen (secondary N) is 1. The van der Waals surface area contributed by atoms with Crippen molar-refractivity contribution in [2.75, 3.05) is 13.9 Å². The van der Waals surface area contributed by atoms with Crippen molar-refractivity contribution in [1.82, 2.24) is 10.3 Å². The fourth-order valence-corrected chi connectivity index (χ4v) is 5.09. The number of hydrogen-bond acceptors (Lipinski definition) is 9. The van der Waals surface area contributed by atoms with Crippen LogP contribution >= 0.6 is 0 Å². The maximum Gasteiger partial charge on any atom is 0.573 e. The number of nitrogens with zero attached hydrogens (tertiary/aromatic N) is 1. The van der Waals surface area contributed by atoms with Crippen molar-refractivity contribution >= 4 is 17.8 Å². The maximum atomic E-state index is 13.3. The van der Waals surface area contributed by atoms with Gasteiger partial charge in [-0.15, -0.1) is 13.2 Å². The lowest BCUT2D eigenvalue weighted by Gasteiger charge is -2.32. The van der Waals surface area contributed by atoms with Gasteiger partial charge < -0.3 is 29.0 Å². The Hall–Kier alpha value is -4.81. The van der Waals surface area contributed by atoms with Crippen LogP contribution in [-0.4, -0.2) is 55.2 Å². The Morgan fingerprint density at radius 2 is 1.60 bits per heavy atom. The molecule has 3 rings (SSSR count). The fraction of sp³-hybridized carbons (Fsp3) is 0.412. The molecule has 1 N–H and O–H groups in total. The van der Waals surface area contributed by atoms with E-state index in [0.29, 0.717) is 12.8 Å². The lowest BCUT2D eigenvalue weighted by Crippen LogP contribution is -2.43. The van der Waals surface area contributed by atoms with Gasteiger partial charge in [-0.3, -0.25) is 9.59 Å². The first-order valence-corrected chi connectivity index (χ1v) is 15.0. The summed E-state index contributed by atoms with van der Waals surface area (Å²) in [5, 5.41) is 2.56. The van der Waals surface area contributed by atoms with E-state index in [0.717, 1.165) is 17.5 Å². The molecule has 0 aliphatic carbocycles. The SMILES string of the molecule is CC[C@H](Cc1ccccc1)[C@@H](Cc1ccc(OC(F)(F)F)cc1)[C@H](C)OC(=O)[C@H](C)NC(=O)c1nccc(OC)c1OCOC(C)=O. The van der Waals surface area contributed by atoms with Gasteiger partial charge in [-0.2, -0.15) is 0 Å². The molecule has 0 aliphatic heterocycles. The summed E-state index contributed by atoms with van der Waals surface area (Å²) >= 11 is 0. The molecule has 3 aromatic rings. The minimum Gasteiger partial charge on any atom is -0.493 e. The average Bonchev–Trinajstić information content (AvgIpc) is 3.02. The number of amides is 1. The summed E-state index contributed by atoms with van der Waals surface area (Å²) in [4.78, 5) is 41.7. The van der Waals surface area contributed by atoms with Gasteiger partial charge in [-0.25, -0.2) is 9.78 Å². The highest BCUT2D eigenvalue weighted by molar-refractivity contribution is 5.98. The lowest BCUT2D eigenvalue weighted by molar-refractivity contribution is -0.274. The number of carbonyl (C=O) groups is 3. The number of methoxy groups -OCH3 is 1. The molecule has 2 aromatic carbocycles. The van der Waals surface area contributed by atoms with Gasteiger partial charge in [0.05, 0.1) is 7.11 Å². The van der Waals surface area contributed by atoms with Crippen LogP contribution in [0, 0.1) is 11.8 Å². The van der Waals surface area contributed by atoms with E-state index in [2.05, 4.69) is 15.0 Å². The molecule has 4 atom stereocenters. The fourth-order valence-electron chi connectivity index (χ4n) is 5.09. The summed E-state index contributed by atoms with van der Waals surface area (Å²) in [6, 6.07) is 15.8. The van der Waals surface area contributed by atoms with E-state index in [1.807, 2.05) is 37.3 Å². The van der Waals surface area contributed by atoms with Crippen LogP contribution in [0.25, 0.3) is 0 Å². The number of benzene rings is 2. The van der Waals surface area contributed by atoms with Crippen LogP contribution in [0.4, 0.5) is 13.2 Å². The van der Waals surface area contributed by atoms with Crippen molar-refractivity contribution < 1.29 is 51.2 Å². The van der Waals surface area contributed by atoms with E-state index in [9.17, 15) is 27.6 Å². The smallest absolute Gasteiger partial charge is 0.493 e.